The van der Waals surface area contributed by atoms with Crippen LogP contribution in [0.1, 0.15) is 55.0 Å². The molecule has 3 aliphatic heterocycles. The van der Waals surface area contributed by atoms with Crippen molar-refractivity contribution in [1.82, 2.24) is 9.88 Å². The highest BCUT2D eigenvalue weighted by molar-refractivity contribution is 5.78. The fourth-order valence-corrected chi connectivity index (χ4v) is 6.24. The molecule has 2 aromatic rings. The van der Waals surface area contributed by atoms with Gasteiger partial charge in [-0.1, -0.05) is 6.42 Å². The van der Waals surface area contributed by atoms with Crippen LogP contribution < -0.4 is 19.7 Å². The van der Waals surface area contributed by atoms with E-state index in [-0.39, 0.29) is 11.9 Å². The summed E-state index contributed by atoms with van der Waals surface area (Å²) in [5.41, 5.74) is 3.18. The zero-order chi connectivity index (χ0) is 29.5. The number of carbonyl (C=O) groups is 1. The number of aryl methyl sites for hydroxylation is 1. The molecule has 2 N–H and O–H groups in total. The number of carboxylic acid groups (broad SMARTS) is 1. The number of hydrogen-bond donors (Lipinski definition) is 2. The Labute approximate surface area is 247 Å². The minimum atomic E-state index is -1.03. The van der Waals surface area contributed by atoms with E-state index < -0.39 is 17.8 Å². The Morgan fingerprint density at radius 2 is 2.00 bits per heavy atom. The molecular formula is C31H43FN4O6. The number of unbranched alkanes of at least 4 members (excludes halogenated alkanes) is 2. The van der Waals surface area contributed by atoms with Gasteiger partial charge in [0.2, 0.25) is 0 Å². The molecule has 1 aromatic carbocycles. The van der Waals surface area contributed by atoms with Gasteiger partial charge in [0.05, 0.1) is 33.5 Å². The van der Waals surface area contributed by atoms with Gasteiger partial charge in [-0.3, -0.25) is 9.69 Å². The number of ether oxygens (including phenoxy) is 4. The van der Waals surface area contributed by atoms with Crippen LogP contribution in [0.25, 0.3) is 0 Å². The lowest BCUT2D eigenvalue weighted by atomic mass is 10.0. The normalized spacial score (nSPS) is 19.7. The second-order valence-electron chi connectivity index (χ2n) is 11.2. The summed E-state index contributed by atoms with van der Waals surface area (Å²) in [5.74, 6) is 0.262. The van der Waals surface area contributed by atoms with E-state index in [1.165, 1.54) is 18.7 Å². The molecule has 0 saturated carbocycles. The standard InChI is InChI=1S/C31H43FN4O6/c1-39-27-17-21(34-30-24(27)8-6-10-33-30)7-4-3-5-14-42-23-9-11-36(20-23)28(31(37)38)25-18-22(19-26(32)29(25)40-2)35-12-15-41-16-13-35/h17-19,23,28H,3-16,20H2,1-2H3,(H,33,34)(H,37,38)/t23-,28?/m1/s1. The maximum Gasteiger partial charge on any atom is 0.325 e. The van der Waals surface area contributed by atoms with Crippen molar-refractivity contribution in [2.24, 2.45) is 0 Å². The Hall–Kier alpha value is -3.15. The predicted molar refractivity (Wildman–Crippen MR) is 157 cm³/mol. The molecule has 1 unspecified atom stereocenters. The molecule has 10 nitrogen and oxygen atoms in total. The molecule has 2 fully saturated rings. The average molecular weight is 587 g/mol. The highest BCUT2D eigenvalue weighted by Gasteiger charge is 2.37. The maximum atomic E-state index is 15.1. The molecule has 5 rings (SSSR count). The quantitative estimate of drug-likeness (QED) is 0.334. The first kappa shape index (κ1) is 30.3. The van der Waals surface area contributed by atoms with Crippen LogP contribution in [-0.2, 0) is 27.1 Å². The van der Waals surface area contributed by atoms with Gasteiger partial charge in [0, 0.05) is 74.0 Å². The van der Waals surface area contributed by atoms with E-state index >= 15 is 4.39 Å². The zero-order valence-electron chi connectivity index (χ0n) is 24.7. The van der Waals surface area contributed by atoms with Gasteiger partial charge < -0.3 is 34.3 Å². The summed E-state index contributed by atoms with van der Waals surface area (Å²) in [7, 11) is 3.09. The number of fused-ring (bicyclic) bond motifs is 1. The molecule has 4 heterocycles. The first-order valence-corrected chi connectivity index (χ1v) is 15.1. The molecule has 11 heteroatoms. The van der Waals surface area contributed by atoms with Crippen molar-refractivity contribution in [3.63, 3.8) is 0 Å². The lowest BCUT2D eigenvalue weighted by molar-refractivity contribution is -0.143. The summed E-state index contributed by atoms with van der Waals surface area (Å²) in [4.78, 5) is 21.2. The number of aliphatic carboxylic acids is 1. The molecule has 42 heavy (non-hydrogen) atoms. The molecule has 230 valence electrons. The van der Waals surface area contributed by atoms with Gasteiger partial charge in [-0.15, -0.1) is 0 Å². The van der Waals surface area contributed by atoms with E-state index in [0.29, 0.717) is 57.3 Å². The number of halogens is 1. The number of benzene rings is 1. The second kappa shape index (κ2) is 14.3. The smallest absolute Gasteiger partial charge is 0.325 e. The predicted octanol–water partition coefficient (Wildman–Crippen LogP) is 4.06. The van der Waals surface area contributed by atoms with E-state index in [2.05, 4.69) is 11.4 Å². The Bertz CT molecular complexity index is 1210. The van der Waals surface area contributed by atoms with Crippen LogP contribution in [0.3, 0.4) is 0 Å². The first-order chi connectivity index (χ1) is 20.5. The molecule has 3 aliphatic rings. The number of likely N-dealkylation sites (tertiary alicyclic amines) is 1. The molecule has 0 aliphatic carbocycles. The van der Waals surface area contributed by atoms with Crippen molar-refractivity contribution in [2.45, 2.75) is 57.1 Å². The number of nitrogens with one attached hydrogen (secondary N) is 1. The third-order valence-corrected chi connectivity index (χ3v) is 8.39. The molecule has 1 aromatic heterocycles. The van der Waals surface area contributed by atoms with Crippen LogP contribution >= 0.6 is 0 Å². The largest absolute Gasteiger partial charge is 0.496 e. The number of nitrogens with zero attached hydrogens (tertiary/aromatic N) is 3. The number of pyridine rings is 1. The molecular weight excluding hydrogens is 543 g/mol. The lowest BCUT2D eigenvalue weighted by Crippen LogP contribution is -2.37. The first-order valence-electron chi connectivity index (χ1n) is 15.1. The van der Waals surface area contributed by atoms with Crippen molar-refractivity contribution >= 4 is 17.5 Å². The lowest BCUT2D eigenvalue weighted by Gasteiger charge is -2.31. The topological polar surface area (TPSA) is 106 Å². The summed E-state index contributed by atoms with van der Waals surface area (Å²) >= 11 is 0. The summed E-state index contributed by atoms with van der Waals surface area (Å²) in [6.07, 6.45) is 6.55. The monoisotopic (exact) mass is 586 g/mol. The minimum Gasteiger partial charge on any atom is -0.496 e. The van der Waals surface area contributed by atoms with Crippen LogP contribution in [0.2, 0.25) is 0 Å². The zero-order valence-corrected chi connectivity index (χ0v) is 24.7. The molecule has 0 amide bonds. The summed E-state index contributed by atoms with van der Waals surface area (Å²) < 4.78 is 37.6. The fraction of sp³-hybridized carbons (Fsp3) is 0.613. The Morgan fingerprint density at radius 1 is 1.17 bits per heavy atom. The van der Waals surface area contributed by atoms with Gasteiger partial charge in [-0.25, -0.2) is 9.37 Å². The minimum absolute atomic E-state index is 0.0226. The van der Waals surface area contributed by atoms with Crippen molar-refractivity contribution in [2.75, 3.05) is 77.0 Å². The Morgan fingerprint density at radius 3 is 2.76 bits per heavy atom. The van der Waals surface area contributed by atoms with Crippen molar-refractivity contribution < 1.29 is 33.2 Å². The highest BCUT2D eigenvalue weighted by atomic mass is 19.1. The van der Waals surface area contributed by atoms with Gasteiger partial charge in [0.15, 0.2) is 11.6 Å². The Balaban J connectivity index is 1.12. The van der Waals surface area contributed by atoms with E-state index in [9.17, 15) is 9.90 Å². The van der Waals surface area contributed by atoms with Crippen LogP contribution in [0.15, 0.2) is 18.2 Å². The van der Waals surface area contributed by atoms with Gasteiger partial charge in [0.25, 0.3) is 0 Å². The number of methoxy groups -OCH3 is 2. The van der Waals surface area contributed by atoms with Crippen LogP contribution in [0.4, 0.5) is 15.9 Å². The molecule has 0 bridgehead atoms. The van der Waals surface area contributed by atoms with E-state index in [1.807, 2.05) is 9.80 Å². The third kappa shape index (κ3) is 7.07. The van der Waals surface area contributed by atoms with Crippen LogP contribution in [0, 0.1) is 5.82 Å². The number of rotatable bonds is 13. The Kier molecular flexibility index (Phi) is 10.4. The molecule has 2 saturated heterocycles. The van der Waals surface area contributed by atoms with E-state index in [4.69, 9.17) is 23.9 Å². The number of morpholine rings is 1. The van der Waals surface area contributed by atoms with Crippen molar-refractivity contribution in [3.8, 4) is 11.5 Å². The van der Waals surface area contributed by atoms with Crippen LogP contribution in [0.5, 0.6) is 11.5 Å². The maximum absolute atomic E-state index is 15.1. The second-order valence-corrected chi connectivity index (χ2v) is 11.2. The van der Waals surface area contributed by atoms with Gasteiger partial charge >= 0.3 is 5.97 Å². The van der Waals surface area contributed by atoms with Crippen LogP contribution in [-0.4, -0.2) is 93.8 Å². The number of aromatic nitrogens is 1. The molecule has 0 radical (unpaired) electrons. The number of hydrogen-bond acceptors (Lipinski definition) is 9. The number of carboxylic acids is 1. The number of anilines is 2. The molecule has 2 atom stereocenters. The van der Waals surface area contributed by atoms with Gasteiger partial charge in [-0.05, 0) is 44.6 Å². The van der Waals surface area contributed by atoms with Crippen molar-refractivity contribution in [3.05, 3.63) is 40.8 Å². The summed E-state index contributed by atoms with van der Waals surface area (Å²) in [6, 6.07) is 4.20. The fourth-order valence-electron chi connectivity index (χ4n) is 6.24. The van der Waals surface area contributed by atoms with Gasteiger partial charge in [0.1, 0.15) is 17.6 Å². The van der Waals surface area contributed by atoms with E-state index in [0.717, 1.165) is 68.8 Å². The van der Waals surface area contributed by atoms with E-state index in [1.54, 1.807) is 13.2 Å². The van der Waals surface area contributed by atoms with Gasteiger partial charge in [-0.2, -0.15) is 0 Å². The molecule has 0 spiro atoms. The third-order valence-electron chi connectivity index (χ3n) is 8.39. The highest BCUT2D eigenvalue weighted by Crippen LogP contribution is 2.38. The summed E-state index contributed by atoms with van der Waals surface area (Å²) in [5, 5.41) is 13.6. The van der Waals surface area contributed by atoms with Crippen molar-refractivity contribution in [1.29, 1.82) is 0 Å². The SMILES string of the molecule is COc1cc(CCCCCO[C@@H]2CCN(C(C(=O)O)c3cc(N4CCOCC4)cc(F)c3OC)C2)nc2c1CCCN2. The summed E-state index contributed by atoms with van der Waals surface area (Å²) in [6.45, 7) is 4.92. The average Bonchev–Trinajstić information content (AvgIpc) is 3.46.